The number of nitrogens with zero attached hydrogens (tertiary/aromatic N) is 1. The first-order valence-corrected chi connectivity index (χ1v) is 7.01. The Balaban J connectivity index is 0.000000452. The molecule has 3 rings (SSSR count). The first kappa shape index (κ1) is 14.1. The third kappa shape index (κ3) is 3.58. The van der Waals surface area contributed by atoms with Crippen molar-refractivity contribution in [3.63, 3.8) is 0 Å². The number of hydrogen-bond acceptors (Lipinski definition) is 1. The highest BCUT2D eigenvalue weighted by Gasteiger charge is 2.04. The van der Waals surface area contributed by atoms with Crippen LogP contribution in [0.3, 0.4) is 0 Å². The Morgan fingerprint density at radius 3 is 1.85 bits per heavy atom. The van der Waals surface area contributed by atoms with Crippen LogP contribution in [0.5, 0.6) is 0 Å². The van der Waals surface area contributed by atoms with Crippen molar-refractivity contribution in [1.82, 2.24) is 10.2 Å². The van der Waals surface area contributed by atoms with Crippen LogP contribution in [0.25, 0.3) is 22.5 Å². The molecule has 0 aliphatic rings. The maximum absolute atomic E-state index is 4.34. The predicted octanol–water partition coefficient (Wildman–Crippen LogP) is 5.16. The molecule has 2 nitrogen and oxygen atoms in total. The summed E-state index contributed by atoms with van der Waals surface area (Å²) >= 11 is 0. The van der Waals surface area contributed by atoms with Crippen LogP contribution in [-0.2, 0) is 0 Å². The summed E-state index contributed by atoms with van der Waals surface area (Å²) in [5, 5.41) is 7.41. The van der Waals surface area contributed by atoms with Crippen LogP contribution < -0.4 is 0 Å². The first-order chi connectivity index (χ1) is 9.85. The van der Waals surface area contributed by atoms with E-state index in [9.17, 15) is 0 Å². The summed E-state index contributed by atoms with van der Waals surface area (Å²) in [6.45, 7) is 4.25. The van der Waals surface area contributed by atoms with Gasteiger partial charge in [-0.15, -0.1) is 0 Å². The summed E-state index contributed by atoms with van der Waals surface area (Å²) in [6, 6.07) is 22.5. The molecule has 2 heteroatoms. The predicted molar refractivity (Wildman–Crippen MR) is 85.4 cm³/mol. The van der Waals surface area contributed by atoms with Gasteiger partial charge in [-0.2, -0.15) is 5.10 Å². The molecular weight excluding hydrogens is 244 g/mol. The molecule has 0 fully saturated rings. The fourth-order valence-corrected chi connectivity index (χ4v) is 1.84. The average molecular weight is 264 g/mol. The number of aromatic amines is 1. The fraction of sp³-hybridized carbons (Fsp3) is 0.167. The average Bonchev–Trinajstić information content (AvgIpc) is 3.00. The van der Waals surface area contributed by atoms with Gasteiger partial charge in [0.2, 0.25) is 0 Å². The Morgan fingerprint density at radius 1 is 0.800 bits per heavy atom. The Hall–Kier alpha value is -2.35. The molecular formula is C18H20N2. The summed E-state index contributed by atoms with van der Waals surface area (Å²) in [4.78, 5) is 0. The van der Waals surface area contributed by atoms with E-state index in [0.717, 1.165) is 22.5 Å². The van der Waals surface area contributed by atoms with Gasteiger partial charge in [-0.05, 0) is 11.6 Å². The summed E-state index contributed by atoms with van der Waals surface area (Å²) in [6.07, 6.45) is 1.25. The molecule has 0 radical (unpaired) electrons. The van der Waals surface area contributed by atoms with E-state index < -0.39 is 0 Å². The largest absolute Gasteiger partial charge is 0.277 e. The second-order valence-corrected chi connectivity index (χ2v) is 4.61. The summed E-state index contributed by atoms with van der Waals surface area (Å²) < 4.78 is 0. The second kappa shape index (κ2) is 7.29. The smallest absolute Gasteiger partial charge is 0.0927 e. The van der Waals surface area contributed by atoms with E-state index in [1.165, 1.54) is 6.42 Å². The Morgan fingerprint density at radius 2 is 1.30 bits per heavy atom. The quantitative estimate of drug-likeness (QED) is 0.680. The van der Waals surface area contributed by atoms with Crippen LogP contribution in [0.15, 0.2) is 66.7 Å². The zero-order valence-corrected chi connectivity index (χ0v) is 12.0. The molecule has 1 aromatic heterocycles. The fourth-order valence-electron chi connectivity index (χ4n) is 1.84. The molecule has 20 heavy (non-hydrogen) atoms. The van der Waals surface area contributed by atoms with Gasteiger partial charge in [-0.1, -0.05) is 80.9 Å². The van der Waals surface area contributed by atoms with Gasteiger partial charge in [0.15, 0.2) is 0 Å². The molecule has 0 spiro atoms. The summed E-state index contributed by atoms with van der Waals surface area (Å²) in [5.41, 5.74) is 4.31. The second-order valence-electron chi connectivity index (χ2n) is 4.61. The highest BCUT2D eigenvalue weighted by molar-refractivity contribution is 5.67. The van der Waals surface area contributed by atoms with Gasteiger partial charge in [-0.3, -0.25) is 5.10 Å². The van der Waals surface area contributed by atoms with Crippen LogP contribution in [0, 0.1) is 0 Å². The van der Waals surface area contributed by atoms with Gasteiger partial charge >= 0.3 is 0 Å². The van der Waals surface area contributed by atoms with Gasteiger partial charge in [0, 0.05) is 5.56 Å². The van der Waals surface area contributed by atoms with Gasteiger partial charge in [0.25, 0.3) is 0 Å². The lowest BCUT2D eigenvalue weighted by Crippen LogP contribution is -1.76. The molecule has 0 amide bonds. The van der Waals surface area contributed by atoms with Crippen molar-refractivity contribution >= 4 is 0 Å². The number of aromatic nitrogens is 2. The Labute approximate surface area is 120 Å². The van der Waals surface area contributed by atoms with Crippen molar-refractivity contribution < 1.29 is 0 Å². The maximum atomic E-state index is 4.34. The van der Waals surface area contributed by atoms with Crippen molar-refractivity contribution in [3.05, 3.63) is 66.7 Å². The standard InChI is InChI=1S/C15H12N2.C3H8/c1-3-7-12(8-4-1)14-11-15(17-16-14)13-9-5-2-6-10-13;1-3-2/h1-11H,(H,16,17);3H2,1-2H3. The van der Waals surface area contributed by atoms with Crippen LogP contribution >= 0.6 is 0 Å². The zero-order chi connectivity index (χ0) is 14.2. The number of nitrogens with one attached hydrogen (secondary N) is 1. The Kier molecular flexibility index (Phi) is 5.13. The molecule has 0 saturated heterocycles. The van der Waals surface area contributed by atoms with Crippen molar-refractivity contribution in [2.45, 2.75) is 20.3 Å². The highest BCUT2D eigenvalue weighted by Crippen LogP contribution is 2.22. The van der Waals surface area contributed by atoms with Crippen LogP contribution in [0.1, 0.15) is 20.3 Å². The summed E-state index contributed by atoms with van der Waals surface area (Å²) in [5.74, 6) is 0. The van der Waals surface area contributed by atoms with Crippen LogP contribution in [-0.4, -0.2) is 10.2 Å². The molecule has 0 atom stereocenters. The van der Waals surface area contributed by atoms with E-state index in [2.05, 4.69) is 54.4 Å². The van der Waals surface area contributed by atoms with Gasteiger partial charge in [-0.25, -0.2) is 0 Å². The lowest BCUT2D eigenvalue weighted by Gasteiger charge is -1.94. The van der Waals surface area contributed by atoms with E-state index in [0.29, 0.717) is 0 Å². The molecule has 0 unspecified atom stereocenters. The molecule has 1 heterocycles. The molecule has 0 aliphatic carbocycles. The third-order valence-electron chi connectivity index (χ3n) is 2.73. The monoisotopic (exact) mass is 264 g/mol. The minimum absolute atomic E-state index is 0.976. The lowest BCUT2D eigenvalue weighted by atomic mass is 10.1. The number of H-pyrrole nitrogens is 1. The van der Waals surface area contributed by atoms with E-state index >= 15 is 0 Å². The first-order valence-electron chi connectivity index (χ1n) is 7.01. The Bertz CT molecular complexity index is 558. The minimum Gasteiger partial charge on any atom is -0.277 e. The van der Waals surface area contributed by atoms with Crippen molar-refractivity contribution in [2.24, 2.45) is 0 Å². The van der Waals surface area contributed by atoms with Crippen molar-refractivity contribution in [3.8, 4) is 22.5 Å². The molecule has 0 aliphatic heterocycles. The van der Waals surface area contributed by atoms with Crippen molar-refractivity contribution in [2.75, 3.05) is 0 Å². The topological polar surface area (TPSA) is 28.7 Å². The SMILES string of the molecule is CCC.c1ccc(-c2cc(-c3ccccc3)[nH]n2)cc1. The molecule has 2 aromatic carbocycles. The number of rotatable bonds is 2. The van der Waals surface area contributed by atoms with Gasteiger partial charge in [0.1, 0.15) is 0 Å². The summed E-state index contributed by atoms with van der Waals surface area (Å²) in [7, 11) is 0. The minimum atomic E-state index is 0.976. The van der Waals surface area contributed by atoms with E-state index in [-0.39, 0.29) is 0 Å². The number of hydrogen-bond donors (Lipinski definition) is 1. The van der Waals surface area contributed by atoms with Gasteiger partial charge in [0.05, 0.1) is 11.4 Å². The van der Waals surface area contributed by atoms with Gasteiger partial charge < -0.3 is 0 Å². The van der Waals surface area contributed by atoms with Crippen LogP contribution in [0.4, 0.5) is 0 Å². The lowest BCUT2D eigenvalue weighted by molar-refractivity contribution is 1.09. The van der Waals surface area contributed by atoms with Crippen LogP contribution in [0.2, 0.25) is 0 Å². The number of benzene rings is 2. The van der Waals surface area contributed by atoms with E-state index in [4.69, 9.17) is 0 Å². The molecule has 0 saturated carbocycles. The maximum Gasteiger partial charge on any atom is 0.0927 e. The normalized spacial score (nSPS) is 9.70. The van der Waals surface area contributed by atoms with E-state index in [1.807, 2.05) is 36.4 Å². The third-order valence-corrected chi connectivity index (χ3v) is 2.73. The highest BCUT2D eigenvalue weighted by atomic mass is 15.1. The zero-order valence-electron chi connectivity index (χ0n) is 12.0. The van der Waals surface area contributed by atoms with Crippen molar-refractivity contribution in [1.29, 1.82) is 0 Å². The molecule has 1 N–H and O–H groups in total. The van der Waals surface area contributed by atoms with E-state index in [1.54, 1.807) is 0 Å². The molecule has 3 aromatic rings. The molecule has 102 valence electrons. The molecule has 0 bridgehead atoms.